The number of fused-ring (bicyclic) bond motifs is 10. The van der Waals surface area contributed by atoms with Crippen LogP contribution in [0.5, 0.6) is 0 Å². The number of rotatable bonds is 20. The SMILES string of the molecule is CCc1ccc(N(c2ccc(CC)cc2)c2ccc3c(c2)C2(c4cc(N(c5ccc(CC)cc5)c5ccc(CC)cc5)ccc4-3)c3cc(N(c4ccc(CC)cc4)c4ccc(CC)cc4)ccc3-c3ccc(N(c4ccc(CC)cc4)c4ccc(CC)cc4)cc32)cc1. The van der Waals surface area contributed by atoms with Crippen LogP contribution in [0.3, 0.4) is 0 Å². The van der Waals surface area contributed by atoms with E-state index >= 15 is 0 Å². The molecule has 12 aromatic rings. The van der Waals surface area contributed by atoms with E-state index in [4.69, 9.17) is 0 Å². The zero-order valence-electron chi connectivity index (χ0n) is 55.3. The molecule has 4 nitrogen and oxygen atoms in total. The Hall–Kier alpha value is -10.2. The lowest BCUT2D eigenvalue weighted by molar-refractivity contribution is 0.793. The van der Waals surface area contributed by atoms with E-state index in [0.717, 1.165) is 120 Å². The first kappa shape index (κ1) is 60.4. The Morgan fingerprint density at radius 1 is 0.172 bits per heavy atom. The van der Waals surface area contributed by atoms with E-state index in [1.807, 2.05) is 0 Å². The van der Waals surface area contributed by atoms with Crippen LogP contribution in [0.4, 0.5) is 68.2 Å². The van der Waals surface area contributed by atoms with Gasteiger partial charge in [-0.25, -0.2) is 0 Å². The van der Waals surface area contributed by atoms with Crippen molar-refractivity contribution in [2.45, 2.75) is 112 Å². The van der Waals surface area contributed by atoms with E-state index in [0.29, 0.717) is 0 Å². The van der Waals surface area contributed by atoms with Gasteiger partial charge in [0.05, 0.1) is 5.41 Å². The lowest BCUT2D eigenvalue weighted by Gasteiger charge is -2.35. The molecule has 0 aromatic heterocycles. The normalized spacial score (nSPS) is 12.3. The van der Waals surface area contributed by atoms with Gasteiger partial charge in [0.25, 0.3) is 0 Å². The summed E-state index contributed by atoms with van der Waals surface area (Å²) in [7, 11) is 0. The number of hydrogen-bond donors (Lipinski definition) is 0. The van der Waals surface area contributed by atoms with Gasteiger partial charge in [-0.3, -0.25) is 0 Å². The highest BCUT2D eigenvalue weighted by Gasteiger charge is 2.53. The quantitative estimate of drug-likeness (QED) is 0.0754. The maximum absolute atomic E-state index is 2.56. The summed E-state index contributed by atoms with van der Waals surface area (Å²) in [6.07, 6.45) is 7.77. The Morgan fingerprint density at radius 3 is 0.430 bits per heavy atom. The molecule has 0 N–H and O–H groups in total. The second-order valence-corrected chi connectivity index (χ2v) is 25.2. The third-order valence-electron chi connectivity index (χ3n) is 20.1. The van der Waals surface area contributed by atoms with E-state index < -0.39 is 5.41 Å². The molecule has 14 rings (SSSR count). The standard InChI is InChI=1S/C89H84N4/c1-9-61-17-33-69(34-18-61)90(70-35-19-62(10-2)20-36-70)77-49-53-81-82-54-50-78(91(71-37-21-63(11-3)22-38-71)72-39-23-64(12-4)24-40-72)58-86(82)89(85(81)57-77)87-59-79(92(73-41-25-65(13-5)26-42-73)74-43-27-66(14-6)28-44-74)51-55-83(87)84-56-52-80(60-88(84)89)93(75-45-29-67(15-7)30-46-75)76-47-31-68(16-8)32-48-76/h17-60H,9-16H2,1-8H3. The van der Waals surface area contributed by atoms with Crippen molar-refractivity contribution in [1.29, 1.82) is 0 Å². The molecule has 0 radical (unpaired) electrons. The van der Waals surface area contributed by atoms with Crippen LogP contribution in [0, 0.1) is 0 Å². The maximum Gasteiger partial charge on any atom is 0.0728 e. The van der Waals surface area contributed by atoms with Gasteiger partial charge in [-0.1, -0.05) is 177 Å². The van der Waals surface area contributed by atoms with Crippen LogP contribution in [-0.2, 0) is 56.8 Å². The van der Waals surface area contributed by atoms with Crippen molar-refractivity contribution in [2.75, 3.05) is 19.6 Å². The molecule has 0 fully saturated rings. The highest BCUT2D eigenvalue weighted by atomic mass is 15.2. The van der Waals surface area contributed by atoms with E-state index in [1.165, 1.54) is 89.0 Å². The van der Waals surface area contributed by atoms with Crippen LogP contribution in [0.2, 0.25) is 0 Å². The highest BCUT2D eigenvalue weighted by Crippen LogP contribution is 2.65. The molecule has 0 saturated heterocycles. The number of benzene rings is 12. The molecule has 0 aliphatic heterocycles. The minimum absolute atomic E-state index is 0.853. The molecular formula is C89H84N4. The first-order valence-corrected chi connectivity index (χ1v) is 34.2. The Bertz CT molecular complexity index is 3810. The highest BCUT2D eigenvalue weighted by molar-refractivity contribution is 6.00. The summed E-state index contributed by atoms with van der Waals surface area (Å²) in [6.45, 7) is 17.9. The van der Waals surface area contributed by atoms with Crippen LogP contribution in [-0.4, -0.2) is 0 Å². The van der Waals surface area contributed by atoms with Gasteiger partial charge in [0.1, 0.15) is 0 Å². The smallest absolute Gasteiger partial charge is 0.0728 e. The summed E-state index contributed by atoms with van der Waals surface area (Å²) < 4.78 is 0. The van der Waals surface area contributed by atoms with Crippen molar-refractivity contribution < 1.29 is 0 Å². The fourth-order valence-electron chi connectivity index (χ4n) is 14.6. The van der Waals surface area contributed by atoms with Crippen molar-refractivity contribution in [2.24, 2.45) is 0 Å². The zero-order valence-corrected chi connectivity index (χ0v) is 55.3. The molecule has 93 heavy (non-hydrogen) atoms. The van der Waals surface area contributed by atoms with Crippen LogP contribution in [0.25, 0.3) is 22.3 Å². The summed E-state index contributed by atoms with van der Waals surface area (Å²) >= 11 is 0. The number of nitrogens with zero attached hydrogens (tertiary/aromatic N) is 4. The summed E-state index contributed by atoms with van der Waals surface area (Å²) in [6, 6.07) is 103. The number of hydrogen-bond acceptors (Lipinski definition) is 4. The van der Waals surface area contributed by atoms with Crippen molar-refractivity contribution in [3.63, 3.8) is 0 Å². The van der Waals surface area contributed by atoms with Crippen LogP contribution in [0.1, 0.15) is 122 Å². The van der Waals surface area contributed by atoms with Gasteiger partial charge in [0, 0.05) is 68.2 Å². The average Bonchev–Trinajstić information content (AvgIpc) is 1.51. The van der Waals surface area contributed by atoms with E-state index in [2.05, 4.69) is 342 Å². The van der Waals surface area contributed by atoms with Crippen LogP contribution >= 0.6 is 0 Å². The molecule has 0 bridgehead atoms. The van der Waals surface area contributed by atoms with Gasteiger partial charge in [-0.2, -0.15) is 0 Å². The van der Waals surface area contributed by atoms with Gasteiger partial charge >= 0.3 is 0 Å². The summed E-state index contributed by atoms with van der Waals surface area (Å²) in [4.78, 5) is 9.93. The fourth-order valence-corrected chi connectivity index (χ4v) is 14.6. The molecule has 0 heterocycles. The van der Waals surface area contributed by atoms with E-state index in [9.17, 15) is 0 Å². The van der Waals surface area contributed by atoms with Crippen molar-refractivity contribution in [1.82, 2.24) is 0 Å². The van der Waals surface area contributed by atoms with E-state index in [-0.39, 0.29) is 0 Å². The van der Waals surface area contributed by atoms with Gasteiger partial charge in [-0.05, 0) is 286 Å². The molecule has 12 aromatic carbocycles. The zero-order chi connectivity index (χ0) is 63.7. The molecule has 2 aliphatic rings. The Labute approximate surface area is 552 Å². The van der Waals surface area contributed by atoms with Crippen molar-refractivity contribution in [3.05, 3.63) is 334 Å². The molecule has 2 aliphatic carbocycles. The van der Waals surface area contributed by atoms with Gasteiger partial charge < -0.3 is 19.6 Å². The molecule has 1 spiro atoms. The second-order valence-electron chi connectivity index (χ2n) is 25.2. The number of anilines is 12. The second kappa shape index (κ2) is 25.8. The van der Waals surface area contributed by atoms with Gasteiger partial charge in [-0.15, -0.1) is 0 Å². The molecule has 0 amide bonds. The van der Waals surface area contributed by atoms with Crippen LogP contribution in [0.15, 0.2) is 267 Å². The fraction of sp³-hybridized carbons (Fsp3) is 0.191. The molecule has 4 heteroatoms. The summed E-state index contributed by atoms with van der Waals surface area (Å²) in [5.41, 5.74) is 33.0. The minimum atomic E-state index is -0.853. The number of aryl methyl sites for hydroxylation is 8. The Balaban J connectivity index is 1.10. The van der Waals surface area contributed by atoms with Gasteiger partial charge in [0.15, 0.2) is 0 Å². The predicted octanol–water partition coefficient (Wildman–Crippen LogP) is 24.4. The minimum Gasteiger partial charge on any atom is -0.310 e. The largest absolute Gasteiger partial charge is 0.310 e. The van der Waals surface area contributed by atoms with Crippen molar-refractivity contribution >= 4 is 68.2 Å². The third-order valence-corrected chi connectivity index (χ3v) is 20.1. The van der Waals surface area contributed by atoms with Gasteiger partial charge in [0.2, 0.25) is 0 Å². The first-order chi connectivity index (χ1) is 45.7. The lowest BCUT2D eigenvalue weighted by atomic mass is 9.70. The maximum atomic E-state index is 2.56. The Morgan fingerprint density at radius 2 is 0.301 bits per heavy atom. The summed E-state index contributed by atoms with van der Waals surface area (Å²) in [5, 5.41) is 0. The predicted molar refractivity (Wildman–Crippen MR) is 396 cm³/mol. The van der Waals surface area contributed by atoms with E-state index in [1.54, 1.807) is 0 Å². The monoisotopic (exact) mass is 1210 g/mol. The average molecular weight is 1210 g/mol. The summed E-state index contributed by atoms with van der Waals surface area (Å²) in [5.74, 6) is 0. The molecule has 0 saturated carbocycles. The lowest BCUT2D eigenvalue weighted by Crippen LogP contribution is -2.27. The molecule has 0 unspecified atom stereocenters. The molecule has 460 valence electrons. The third kappa shape index (κ3) is 11.0. The Kier molecular flexibility index (Phi) is 16.8. The molecule has 0 atom stereocenters. The first-order valence-electron chi connectivity index (χ1n) is 34.2. The van der Waals surface area contributed by atoms with Crippen LogP contribution < -0.4 is 19.6 Å². The molecular weight excluding hydrogens is 1130 g/mol. The van der Waals surface area contributed by atoms with Crippen molar-refractivity contribution in [3.8, 4) is 22.3 Å². The topological polar surface area (TPSA) is 13.0 Å².